The van der Waals surface area contributed by atoms with Crippen molar-refractivity contribution < 1.29 is 4.79 Å². The molecule has 0 aromatic heterocycles. The maximum Gasteiger partial charge on any atom is 0.225 e. The molecule has 3 nitrogen and oxygen atoms in total. The van der Waals surface area contributed by atoms with Crippen molar-refractivity contribution in [1.29, 1.82) is 0 Å². The molecule has 0 saturated carbocycles. The minimum Gasteiger partial charge on any atom is -0.356 e. The van der Waals surface area contributed by atoms with E-state index in [1.807, 2.05) is 20.8 Å². The van der Waals surface area contributed by atoms with Gasteiger partial charge in [0.15, 0.2) is 0 Å². The first-order valence-electron chi connectivity index (χ1n) is 5.09. The molecule has 0 aliphatic carbocycles. The van der Waals surface area contributed by atoms with Crippen LogP contribution < -0.4 is 11.1 Å². The predicted molar refractivity (Wildman–Crippen MR) is 55.4 cm³/mol. The van der Waals surface area contributed by atoms with Gasteiger partial charge in [0.2, 0.25) is 5.91 Å². The molecule has 0 unspecified atom stereocenters. The summed E-state index contributed by atoms with van der Waals surface area (Å²) < 4.78 is 0. The van der Waals surface area contributed by atoms with Gasteiger partial charge in [-0.3, -0.25) is 4.79 Å². The fraction of sp³-hybridized carbons (Fsp3) is 0.900. The minimum atomic E-state index is -0.200. The number of rotatable bonds is 6. The van der Waals surface area contributed by atoms with Crippen molar-refractivity contribution in [2.45, 2.75) is 40.0 Å². The monoisotopic (exact) mass is 186 g/mol. The number of nitrogens with one attached hydrogen (secondary N) is 1. The van der Waals surface area contributed by atoms with Gasteiger partial charge < -0.3 is 11.1 Å². The van der Waals surface area contributed by atoms with Gasteiger partial charge in [-0.05, 0) is 25.8 Å². The Labute approximate surface area is 81.1 Å². The largest absolute Gasteiger partial charge is 0.356 e. The molecule has 13 heavy (non-hydrogen) atoms. The van der Waals surface area contributed by atoms with E-state index in [4.69, 9.17) is 5.73 Å². The van der Waals surface area contributed by atoms with Crippen LogP contribution in [0.1, 0.15) is 40.0 Å². The van der Waals surface area contributed by atoms with Gasteiger partial charge in [0.1, 0.15) is 0 Å². The molecule has 0 aliphatic heterocycles. The fourth-order valence-corrected chi connectivity index (χ4v) is 1.09. The lowest BCUT2D eigenvalue weighted by atomic mass is 9.84. The van der Waals surface area contributed by atoms with E-state index in [-0.39, 0.29) is 11.3 Å². The second-order valence-corrected chi connectivity index (χ2v) is 3.67. The number of carbonyl (C=O) groups excluding carboxylic acids is 1. The van der Waals surface area contributed by atoms with Gasteiger partial charge in [0.05, 0.1) is 0 Å². The number of amides is 1. The van der Waals surface area contributed by atoms with Gasteiger partial charge in [-0.25, -0.2) is 0 Å². The molecule has 78 valence electrons. The quantitative estimate of drug-likeness (QED) is 0.614. The van der Waals surface area contributed by atoms with E-state index in [9.17, 15) is 4.79 Å². The number of nitrogens with two attached hydrogens (primary N) is 1. The van der Waals surface area contributed by atoms with Crippen LogP contribution in [0.15, 0.2) is 0 Å². The van der Waals surface area contributed by atoms with Gasteiger partial charge in [-0.2, -0.15) is 0 Å². The zero-order chi connectivity index (χ0) is 10.3. The second kappa shape index (κ2) is 5.97. The lowest BCUT2D eigenvalue weighted by molar-refractivity contribution is -0.130. The summed E-state index contributed by atoms with van der Waals surface area (Å²) in [6.07, 6.45) is 2.63. The van der Waals surface area contributed by atoms with Crippen LogP contribution in [0.4, 0.5) is 0 Å². The van der Waals surface area contributed by atoms with Crippen molar-refractivity contribution in [3.8, 4) is 0 Å². The van der Waals surface area contributed by atoms with Crippen LogP contribution in [0.25, 0.3) is 0 Å². The summed E-state index contributed by atoms with van der Waals surface area (Å²) in [5.41, 5.74) is 5.14. The van der Waals surface area contributed by atoms with Gasteiger partial charge in [-0.15, -0.1) is 0 Å². The van der Waals surface area contributed by atoms with Crippen molar-refractivity contribution in [3.63, 3.8) is 0 Å². The molecular weight excluding hydrogens is 164 g/mol. The molecule has 0 aromatic rings. The topological polar surface area (TPSA) is 55.1 Å². The van der Waals surface area contributed by atoms with Crippen LogP contribution in [0.2, 0.25) is 0 Å². The molecule has 0 spiro atoms. The summed E-state index contributed by atoms with van der Waals surface area (Å²) >= 11 is 0. The first kappa shape index (κ1) is 12.4. The summed E-state index contributed by atoms with van der Waals surface area (Å²) in [5, 5.41) is 2.91. The van der Waals surface area contributed by atoms with E-state index < -0.39 is 0 Å². The summed E-state index contributed by atoms with van der Waals surface area (Å²) in [5.74, 6) is 0.158. The van der Waals surface area contributed by atoms with Crippen molar-refractivity contribution in [2.75, 3.05) is 13.1 Å². The molecule has 0 radical (unpaired) electrons. The molecule has 0 heterocycles. The molecule has 3 heteroatoms. The minimum absolute atomic E-state index is 0.158. The Bertz CT molecular complexity index is 153. The molecule has 0 rings (SSSR count). The highest BCUT2D eigenvalue weighted by molar-refractivity contribution is 5.82. The van der Waals surface area contributed by atoms with Crippen LogP contribution in [-0.2, 0) is 4.79 Å². The summed E-state index contributed by atoms with van der Waals surface area (Å²) in [4.78, 5) is 11.6. The molecule has 0 bridgehead atoms. The Kier molecular flexibility index (Phi) is 5.71. The zero-order valence-electron chi connectivity index (χ0n) is 9.02. The lowest BCUT2D eigenvalue weighted by Gasteiger charge is -2.25. The third-order valence-electron chi connectivity index (χ3n) is 2.78. The highest BCUT2D eigenvalue weighted by Gasteiger charge is 2.28. The maximum atomic E-state index is 11.6. The second-order valence-electron chi connectivity index (χ2n) is 3.67. The molecule has 1 amide bonds. The number of carbonyl (C=O) groups is 1. The Hall–Kier alpha value is -0.570. The van der Waals surface area contributed by atoms with Gasteiger partial charge in [-0.1, -0.05) is 20.8 Å². The molecular formula is C10H22N2O. The standard InChI is InChI=1S/C10H22N2O/c1-4-10(3,5-2)9(13)12-8-6-7-11/h4-8,11H2,1-3H3,(H,12,13). The molecule has 0 aliphatic rings. The fourth-order valence-electron chi connectivity index (χ4n) is 1.09. The van der Waals surface area contributed by atoms with E-state index in [1.54, 1.807) is 0 Å². The summed E-state index contributed by atoms with van der Waals surface area (Å²) in [7, 11) is 0. The molecule has 0 atom stereocenters. The number of hydrogen-bond acceptors (Lipinski definition) is 2. The van der Waals surface area contributed by atoms with E-state index in [0.717, 1.165) is 19.3 Å². The average Bonchev–Trinajstić information content (AvgIpc) is 2.17. The van der Waals surface area contributed by atoms with E-state index >= 15 is 0 Å². The third kappa shape index (κ3) is 3.77. The van der Waals surface area contributed by atoms with Crippen molar-refractivity contribution in [2.24, 2.45) is 11.1 Å². The Morgan fingerprint density at radius 3 is 2.31 bits per heavy atom. The lowest BCUT2D eigenvalue weighted by Crippen LogP contribution is -2.39. The van der Waals surface area contributed by atoms with Crippen molar-refractivity contribution in [1.82, 2.24) is 5.32 Å². The Morgan fingerprint density at radius 1 is 1.38 bits per heavy atom. The van der Waals surface area contributed by atoms with Crippen LogP contribution >= 0.6 is 0 Å². The highest BCUT2D eigenvalue weighted by atomic mass is 16.2. The van der Waals surface area contributed by atoms with Crippen LogP contribution in [-0.4, -0.2) is 19.0 Å². The van der Waals surface area contributed by atoms with Crippen LogP contribution in [0.5, 0.6) is 0 Å². The van der Waals surface area contributed by atoms with E-state index in [2.05, 4.69) is 5.32 Å². The maximum absolute atomic E-state index is 11.6. The SMILES string of the molecule is CCC(C)(CC)C(=O)NCCCN. The molecule has 3 N–H and O–H groups in total. The van der Waals surface area contributed by atoms with Crippen LogP contribution in [0, 0.1) is 5.41 Å². The molecule has 0 fully saturated rings. The molecule has 0 aromatic carbocycles. The first-order chi connectivity index (χ1) is 6.10. The van der Waals surface area contributed by atoms with Gasteiger partial charge in [0, 0.05) is 12.0 Å². The normalized spacial score (nSPS) is 11.4. The third-order valence-corrected chi connectivity index (χ3v) is 2.78. The van der Waals surface area contributed by atoms with Gasteiger partial charge >= 0.3 is 0 Å². The zero-order valence-corrected chi connectivity index (χ0v) is 9.02. The summed E-state index contributed by atoms with van der Waals surface area (Å²) in [6, 6.07) is 0. The molecule has 0 saturated heterocycles. The Morgan fingerprint density at radius 2 is 1.92 bits per heavy atom. The van der Waals surface area contributed by atoms with E-state index in [0.29, 0.717) is 13.1 Å². The predicted octanol–water partition coefficient (Wildman–Crippen LogP) is 1.28. The number of hydrogen-bond donors (Lipinski definition) is 2. The van der Waals surface area contributed by atoms with Gasteiger partial charge in [0.25, 0.3) is 0 Å². The van der Waals surface area contributed by atoms with E-state index in [1.165, 1.54) is 0 Å². The summed E-state index contributed by atoms with van der Waals surface area (Å²) in [6.45, 7) is 7.43. The highest BCUT2D eigenvalue weighted by Crippen LogP contribution is 2.24. The van der Waals surface area contributed by atoms with Crippen molar-refractivity contribution >= 4 is 5.91 Å². The van der Waals surface area contributed by atoms with Crippen molar-refractivity contribution in [3.05, 3.63) is 0 Å². The van der Waals surface area contributed by atoms with Crippen LogP contribution in [0.3, 0.4) is 0 Å². The first-order valence-corrected chi connectivity index (χ1v) is 5.09. The average molecular weight is 186 g/mol. The smallest absolute Gasteiger partial charge is 0.225 e. The Balaban J connectivity index is 3.92.